The molecule has 3 N–H and O–H groups in total. The molecule has 0 bridgehead atoms. The Hall–Kier alpha value is -0.922. The Balaban J connectivity index is 7.16. The summed E-state index contributed by atoms with van der Waals surface area (Å²) >= 11 is 0. The van der Waals surface area contributed by atoms with Crippen LogP contribution in [0, 0.1) is 0 Å². The van der Waals surface area contributed by atoms with Gasteiger partial charge in [-0.15, -0.1) is 0 Å². The molecule has 0 saturated carbocycles. The lowest BCUT2D eigenvalue weighted by atomic mass is 9.88. The van der Waals surface area contributed by atoms with Gasteiger partial charge in [-0.25, -0.2) is 0 Å². The van der Waals surface area contributed by atoms with Gasteiger partial charge in [0.15, 0.2) is 25.0 Å². The first kappa shape index (κ1) is 78.1. The van der Waals surface area contributed by atoms with Crippen molar-refractivity contribution in [3.05, 3.63) is 0 Å². The summed E-state index contributed by atoms with van der Waals surface area (Å²) in [5.41, 5.74) is 0. The van der Waals surface area contributed by atoms with E-state index in [0.29, 0.717) is 0 Å². The largest absolute Gasteiger partial charge is 0.469 e. The van der Waals surface area contributed by atoms with Crippen LogP contribution in [0.5, 0.6) is 0 Å². The maximum Gasteiger partial charge on any atom is 0.469 e. The van der Waals surface area contributed by atoms with Gasteiger partial charge in [0.2, 0.25) is 0 Å². The maximum absolute atomic E-state index is 16.0. The van der Waals surface area contributed by atoms with Crippen LogP contribution in [0.1, 0.15) is 25.7 Å². The van der Waals surface area contributed by atoms with Crippen molar-refractivity contribution in [2.24, 2.45) is 0 Å². The Labute approximate surface area is 453 Å². The lowest BCUT2D eigenvalue weighted by molar-refractivity contribution is -0.461. The molecule has 0 radical (unpaired) electrons. The van der Waals surface area contributed by atoms with E-state index in [1.54, 1.807) is 0 Å². The summed E-state index contributed by atoms with van der Waals surface area (Å²) in [6.07, 6.45) is -10.2. The van der Waals surface area contributed by atoms with Gasteiger partial charge in [0, 0.05) is 32.3 Å². The van der Waals surface area contributed by atoms with Gasteiger partial charge in [0.25, 0.3) is 0 Å². The second-order valence-electron chi connectivity index (χ2n) is 19.4. The van der Waals surface area contributed by atoms with Gasteiger partial charge in [-0.1, -0.05) is 0 Å². The molecule has 0 aromatic carbocycles. The van der Waals surface area contributed by atoms with E-state index in [9.17, 15) is 48.3 Å². The van der Waals surface area contributed by atoms with Crippen LogP contribution in [0.15, 0.2) is 0 Å². The van der Waals surface area contributed by atoms with E-state index in [2.05, 4.69) is 0 Å². The van der Waals surface area contributed by atoms with Crippen LogP contribution in [0.25, 0.3) is 0 Å². The molecule has 79 heavy (non-hydrogen) atoms. The lowest BCUT2D eigenvalue weighted by Crippen LogP contribution is -2.74. The average Bonchev–Trinajstić information content (AvgIpc) is 3.32. The van der Waals surface area contributed by atoms with E-state index >= 15 is 26.3 Å². The number of aliphatic hydroxyl groups is 3. The molecule has 0 saturated heterocycles. The van der Waals surface area contributed by atoms with Crippen LogP contribution in [0.2, 0.25) is 63.5 Å². The quantitative estimate of drug-likeness (QED) is 0.0299. The second kappa shape index (κ2) is 35.5. The highest BCUT2D eigenvalue weighted by Crippen LogP contribution is 2.64. The predicted molar refractivity (Wildman–Crippen MR) is 258 cm³/mol. The monoisotopic (exact) mass is 1270 g/mol. The maximum atomic E-state index is 16.0. The van der Waals surface area contributed by atoms with Gasteiger partial charge >= 0.3 is 56.4 Å². The van der Waals surface area contributed by atoms with E-state index in [4.69, 9.17) is 70.3 Å². The highest BCUT2D eigenvalue weighted by molar-refractivity contribution is 6.90. The summed E-state index contributed by atoms with van der Waals surface area (Å²) in [6, 6.07) is -1.56. The first-order chi connectivity index (χ1) is 36.3. The molecule has 0 aliphatic carbocycles. The topological polar surface area (TPSA) is 171 Å². The summed E-state index contributed by atoms with van der Waals surface area (Å²) in [6.45, 7) is 10.1. The molecular formula is C43H79F17O15Si4. The fourth-order valence-electron chi connectivity index (χ4n) is 6.91. The smallest absolute Gasteiger partial charge is 0.417 e. The van der Waals surface area contributed by atoms with Gasteiger partial charge in [-0.2, -0.15) is 74.6 Å². The average molecular weight is 1270 g/mol. The third-order valence-electron chi connectivity index (χ3n) is 11.0. The van der Waals surface area contributed by atoms with Crippen molar-refractivity contribution in [3.8, 4) is 0 Å². The molecule has 0 atom stereocenters. The fraction of sp³-hybridized carbons (Fsp3) is 1.00. The van der Waals surface area contributed by atoms with E-state index < -0.39 is 93.9 Å². The first-order valence-electron chi connectivity index (χ1n) is 25.1. The molecule has 0 fully saturated rings. The van der Waals surface area contributed by atoms with E-state index in [1.807, 2.05) is 0 Å². The Kier molecular flexibility index (Phi) is 35.1. The molecule has 0 aromatic heterocycles. The van der Waals surface area contributed by atoms with Gasteiger partial charge < -0.3 is 70.3 Å². The molecule has 0 heterocycles. The van der Waals surface area contributed by atoms with Crippen molar-refractivity contribution in [2.75, 3.05) is 139 Å². The van der Waals surface area contributed by atoms with E-state index in [1.165, 1.54) is 39.3 Å². The fourth-order valence-corrected chi connectivity index (χ4v) is 24.7. The van der Waals surface area contributed by atoms with Crippen molar-refractivity contribution in [2.45, 2.75) is 137 Å². The first-order valence-corrected chi connectivity index (χ1v) is 36.4. The number of ether oxygens (including phenoxy) is 9. The highest BCUT2D eigenvalue weighted by atomic mass is 28.5. The van der Waals surface area contributed by atoms with Gasteiger partial charge in [0.1, 0.15) is 0 Å². The van der Waals surface area contributed by atoms with Gasteiger partial charge in [-0.05, 0) is 76.7 Å². The molecule has 0 unspecified atom stereocenters. The third-order valence-corrected chi connectivity index (χ3v) is 26.9. The lowest BCUT2D eigenvalue weighted by Gasteiger charge is -2.46. The summed E-state index contributed by atoms with van der Waals surface area (Å²) in [4.78, 5) is 0. The Bertz CT molecular complexity index is 1520. The summed E-state index contributed by atoms with van der Waals surface area (Å²) in [5.74, 6) is -57.6. The minimum atomic E-state index is -8.78. The van der Waals surface area contributed by atoms with Crippen LogP contribution >= 0.6 is 0 Å². The van der Waals surface area contributed by atoms with Crippen molar-refractivity contribution in [1.29, 1.82) is 0 Å². The highest BCUT2D eigenvalue weighted by Gasteiger charge is 2.95. The SMILES string of the molecule is C[Si](C)(CCCOCCOCCOCCO)O[Si](CCC(F)(F)C(F)(F)C(F)(F)C(F)(F)C(F)(F)C(F)(F)C(F)(F)C(F)(F)F)(O[Si](C)(C)CCCOCCOCCOCCO)O[Si](C)(C)CCCOCCOCCOCCO. The number of hydrogen-bond acceptors (Lipinski definition) is 15. The van der Waals surface area contributed by atoms with Crippen molar-refractivity contribution < 1.29 is 145 Å². The van der Waals surface area contributed by atoms with Gasteiger partial charge in [-0.3, -0.25) is 0 Å². The molecule has 0 rings (SSSR count). The van der Waals surface area contributed by atoms with Crippen molar-refractivity contribution in [3.63, 3.8) is 0 Å². The molecule has 0 aromatic rings. The second-order valence-corrected chi connectivity index (χ2v) is 35.8. The van der Waals surface area contributed by atoms with Crippen LogP contribution < -0.4 is 0 Å². The Morgan fingerprint density at radius 1 is 0.278 bits per heavy atom. The molecule has 476 valence electrons. The zero-order valence-electron chi connectivity index (χ0n) is 45.2. The molecule has 0 aliphatic rings. The van der Waals surface area contributed by atoms with E-state index in [0.717, 1.165) is 0 Å². The van der Waals surface area contributed by atoms with Crippen molar-refractivity contribution >= 4 is 33.8 Å². The molecular weight excluding hydrogens is 1190 g/mol. The summed E-state index contributed by atoms with van der Waals surface area (Å²) in [5, 5.41) is 26.4. The summed E-state index contributed by atoms with van der Waals surface area (Å²) in [7, 11) is -15.8. The Morgan fingerprint density at radius 3 is 0.734 bits per heavy atom. The Morgan fingerprint density at radius 2 is 0.494 bits per heavy atom. The minimum absolute atomic E-state index is 0.0121. The molecule has 15 nitrogen and oxygen atoms in total. The van der Waals surface area contributed by atoms with E-state index in [-0.39, 0.29) is 176 Å². The summed E-state index contributed by atoms with van der Waals surface area (Å²) < 4.78 is 313. The number of alkyl halides is 17. The van der Waals surface area contributed by atoms with Gasteiger partial charge in [0.05, 0.1) is 119 Å². The van der Waals surface area contributed by atoms with Crippen LogP contribution in [0.3, 0.4) is 0 Å². The molecule has 0 aliphatic heterocycles. The molecule has 0 amide bonds. The standard InChI is InChI=1S/C43H79F17O15Si4/c1-76(2,32-7-14-64-20-26-70-29-23-67-17-11-61)73-79(74-77(3,4)33-8-15-65-21-27-71-30-24-68-18-12-62,75-78(5,6)34-9-16-66-22-28-72-31-25-69-19-13-63)35-10-36(44,45)37(46,47)38(48,49)39(50,51)40(52,53)41(54,55)42(56,57)43(58,59)60/h61-63H,7-35H2,1-6H3. The molecule has 0 spiro atoms. The zero-order chi connectivity index (χ0) is 61.0. The molecule has 36 heteroatoms. The number of rotatable bonds is 51. The minimum Gasteiger partial charge on any atom is -0.417 e. The van der Waals surface area contributed by atoms with Crippen LogP contribution in [-0.2, 0) is 55.0 Å². The van der Waals surface area contributed by atoms with Crippen LogP contribution in [0.4, 0.5) is 74.6 Å². The predicted octanol–water partition coefficient (Wildman–Crippen LogP) is 9.29. The zero-order valence-corrected chi connectivity index (χ0v) is 49.2. The number of hydrogen-bond donors (Lipinski definition) is 3. The van der Waals surface area contributed by atoms with Crippen molar-refractivity contribution in [1.82, 2.24) is 0 Å². The third kappa shape index (κ3) is 26.1. The number of aliphatic hydroxyl groups excluding tert-OH is 3. The van der Waals surface area contributed by atoms with Crippen LogP contribution in [-0.4, -0.2) is 235 Å². The normalized spacial score (nSPS) is 14.5. The number of halogens is 17.